The highest BCUT2D eigenvalue weighted by molar-refractivity contribution is 9.10. The van der Waals surface area contributed by atoms with Gasteiger partial charge in [0.2, 0.25) is 0 Å². The molecule has 2 heterocycles. The Kier molecular flexibility index (Phi) is 4.00. The zero-order valence-electron chi connectivity index (χ0n) is 13.1. The Morgan fingerprint density at radius 1 is 1.09 bits per heavy atom. The quantitative estimate of drug-likeness (QED) is 0.786. The van der Waals surface area contributed by atoms with Crippen LogP contribution in [0.15, 0.2) is 47.4 Å². The maximum atomic E-state index is 5.51. The van der Waals surface area contributed by atoms with Gasteiger partial charge in [-0.25, -0.2) is 0 Å². The number of ether oxygens (including phenoxy) is 1. The zero-order valence-corrected chi connectivity index (χ0v) is 14.7. The summed E-state index contributed by atoms with van der Waals surface area (Å²) in [7, 11) is 0. The summed E-state index contributed by atoms with van der Waals surface area (Å²) in [5, 5.41) is 0. The van der Waals surface area contributed by atoms with Gasteiger partial charge in [-0.05, 0) is 41.7 Å². The predicted octanol–water partition coefficient (Wildman–Crippen LogP) is 4.55. The summed E-state index contributed by atoms with van der Waals surface area (Å²) in [5.74, 6) is 0.811. The lowest BCUT2D eigenvalue weighted by atomic mass is 9.99. The molecule has 0 N–H and O–H groups in total. The minimum atomic E-state index is 0.675. The second kappa shape index (κ2) is 6.14. The second-order valence-electron chi connectivity index (χ2n) is 6.39. The lowest BCUT2D eigenvalue weighted by Gasteiger charge is -2.29. The molecule has 2 nitrogen and oxygen atoms in total. The fourth-order valence-corrected chi connectivity index (χ4v) is 3.90. The monoisotopic (exact) mass is 369 g/mol. The van der Waals surface area contributed by atoms with Gasteiger partial charge in [0.05, 0.1) is 0 Å². The summed E-state index contributed by atoms with van der Waals surface area (Å²) in [6, 6.07) is 13.3. The van der Waals surface area contributed by atoms with Crippen molar-refractivity contribution in [2.75, 3.05) is 13.1 Å². The van der Waals surface area contributed by atoms with Crippen LogP contribution in [0.5, 0.6) is 0 Å². The van der Waals surface area contributed by atoms with Crippen LogP contribution in [-0.4, -0.2) is 18.0 Å². The highest BCUT2D eigenvalue weighted by Crippen LogP contribution is 2.29. The first-order chi connectivity index (χ1) is 11.2. The van der Waals surface area contributed by atoms with Crippen molar-refractivity contribution in [3.63, 3.8) is 0 Å². The maximum Gasteiger partial charge on any atom is 0.120 e. The Bertz CT molecular complexity index is 768. The van der Waals surface area contributed by atoms with Gasteiger partial charge in [0.1, 0.15) is 12.4 Å². The molecule has 0 atom stereocenters. The van der Waals surface area contributed by atoms with E-state index in [4.69, 9.17) is 4.74 Å². The number of nitrogens with zero attached hydrogens (tertiary/aromatic N) is 1. The van der Waals surface area contributed by atoms with Gasteiger partial charge in [-0.1, -0.05) is 46.8 Å². The number of hydrogen-bond acceptors (Lipinski definition) is 2. The van der Waals surface area contributed by atoms with E-state index in [1.54, 1.807) is 0 Å². The van der Waals surface area contributed by atoms with Crippen LogP contribution in [0.2, 0.25) is 0 Å². The standard InChI is InChI=1S/C20H20BrNO/c1-14-20-5-2-15(10-18(20)13-23-14)6-8-22-9-7-16-11-19(21)4-3-17(16)12-22/h2-5,10-11H,1,6-9,12-13H2. The van der Waals surface area contributed by atoms with Gasteiger partial charge in [-0.2, -0.15) is 0 Å². The topological polar surface area (TPSA) is 12.5 Å². The summed E-state index contributed by atoms with van der Waals surface area (Å²) >= 11 is 3.57. The van der Waals surface area contributed by atoms with Crippen molar-refractivity contribution in [2.24, 2.45) is 0 Å². The molecule has 4 rings (SSSR count). The summed E-state index contributed by atoms with van der Waals surface area (Å²) in [4.78, 5) is 2.55. The van der Waals surface area contributed by atoms with E-state index >= 15 is 0 Å². The summed E-state index contributed by atoms with van der Waals surface area (Å²) in [5.41, 5.74) is 6.80. The first-order valence-corrected chi connectivity index (χ1v) is 8.92. The van der Waals surface area contributed by atoms with Crippen LogP contribution in [0.4, 0.5) is 0 Å². The Labute approximate surface area is 145 Å². The molecule has 0 amide bonds. The van der Waals surface area contributed by atoms with Gasteiger partial charge in [-0.3, -0.25) is 4.90 Å². The molecule has 0 saturated heterocycles. The minimum absolute atomic E-state index is 0.675. The van der Waals surface area contributed by atoms with Crippen LogP contribution >= 0.6 is 15.9 Å². The van der Waals surface area contributed by atoms with E-state index in [1.807, 2.05) is 0 Å². The molecule has 118 valence electrons. The lowest BCUT2D eigenvalue weighted by molar-refractivity contribution is 0.257. The smallest absolute Gasteiger partial charge is 0.120 e. The number of hydrogen-bond donors (Lipinski definition) is 0. The fraction of sp³-hybridized carbons (Fsp3) is 0.300. The molecule has 3 heteroatoms. The average molecular weight is 370 g/mol. The van der Waals surface area contributed by atoms with Crippen molar-refractivity contribution in [1.82, 2.24) is 4.90 Å². The average Bonchev–Trinajstić information content (AvgIpc) is 2.93. The second-order valence-corrected chi connectivity index (χ2v) is 7.31. The van der Waals surface area contributed by atoms with Crippen molar-refractivity contribution in [3.8, 4) is 0 Å². The molecule has 0 saturated carbocycles. The molecule has 0 radical (unpaired) electrons. The molecule has 0 spiro atoms. The SMILES string of the molecule is C=C1OCc2cc(CCN3CCc4cc(Br)ccc4C3)ccc21. The highest BCUT2D eigenvalue weighted by Gasteiger charge is 2.18. The van der Waals surface area contributed by atoms with Crippen molar-refractivity contribution >= 4 is 21.7 Å². The Morgan fingerprint density at radius 2 is 2.00 bits per heavy atom. The Morgan fingerprint density at radius 3 is 2.91 bits per heavy atom. The molecule has 2 aliphatic heterocycles. The van der Waals surface area contributed by atoms with E-state index in [-0.39, 0.29) is 0 Å². The third-order valence-corrected chi connectivity index (χ3v) is 5.34. The first kappa shape index (κ1) is 15.0. The molecular weight excluding hydrogens is 350 g/mol. The van der Waals surface area contributed by atoms with E-state index in [0.29, 0.717) is 6.61 Å². The van der Waals surface area contributed by atoms with Gasteiger partial charge in [0.25, 0.3) is 0 Å². The maximum absolute atomic E-state index is 5.51. The zero-order chi connectivity index (χ0) is 15.8. The third-order valence-electron chi connectivity index (χ3n) is 4.85. The number of halogens is 1. The first-order valence-electron chi connectivity index (χ1n) is 8.12. The molecule has 0 bridgehead atoms. The van der Waals surface area contributed by atoms with Crippen LogP contribution < -0.4 is 0 Å². The van der Waals surface area contributed by atoms with Crippen molar-refractivity contribution in [2.45, 2.75) is 26.0 Å². The van der Waals surface area contributed by atoms with Gasteiger partial charge < -0.3 is 4.74 Å². The molecule has 23 heavy (non-hydrogen) atoms. The molecule has 0 aliphatic carbocycles. The fourth-order valence-electron chi connectivity index (χ4n) is 3.49. The van der Waals surface area contributed by atoms with E-state index in [0.717, 1.165) is 38.2 Å². The van der Waals surface area contributed by atoms with Gasteiger partial charge >= 0.3 is 0 Å². The van der Waals surface area contributed by atoms with Crippen LogP contribution in [0.3, 0.4) is 0 Å². The molecule has 2 aliphatic rings. The minimum Gasteiger partial charge on any atom is -0.489 e. The highest BCUT2D eigenvalue weighted by atomic mass is 79.9. The number of fused-ring (bicyclic) bond motifs is 2. The van der Waals surface area contributed by atoms with E-state index < -0.39 is 0 Å². The van der Waals surface area contributed by atoms with Crippen molar-refractivity contribution in [1.29, 1.82) is 0 Å². The van der Waals surface area contributed by atoms with Crippen molar-refractivity contribution in [3.05, 3.63) is 75.3 Å². The van der Waals surface area contributed by atoms with E-state index in [2.05, 4.69) is 63.8 Å². The van der Waals surface area contributed by atoms with Crippen LogP contribution in [0.25, 0.3) is 5.76 Å². The normalized spacial score (nSPS) is 16.8. The van der Waals surface area contributed by atoms with Crippen molar-refractivity contribution < 1.29 is 4.74 Å². The molecule has 2 aromatic carbocycles. The van der Waals surface area contributed by atoms with Gasteiger partial charge in [0, 0.05) is 35.2 Å². The van der Waals surface area contributed by atoms with Gasteiger partial charge in [-0.15, -0.1) is 0 Å². The van der Waals surface area contributed by atoms with E-state index in [1.165, 1.54) is 32.3 Å². The summed E-state index contributed by atoms with van der Waals surface area (Å²) in [6.07, 6.45) is 2.23. The molecule has 0 unspecified atom stereocenters. The van der Waals surface area contributed by atoms with Gasteiger partial charge in [0.15, 0.2) is 0 Å². The predicted molar refractivity (Wildman–Crippen MR) is 97.1 cm³/mol. The molecule has 0 fully saturated rings. The summed E-state index contributed by atoms with van der Waals surface area (Å²) in [6.45, 7) is 7.93. The third kappa shape index (κ3) is 3.08. The molecular formula is C20H20BrNO. The largest absolute Gasteiger partial charge is 0.489 e. The van der Waals surface area contributed by atoms with E-state index in [9.17, 15) is 0 Å². The molecule has 0 aromatic heterocycles. The Balaban J connectivity index is 1.40. The lowest BCUT2D eigenvalue weighted by Crippen LogP contribution is -2.32. The van der Waals surface area contributed by atoms with Crippen LogP contribution in [0.1, 0.15) is 27.8 Å². The number of rotatable bonds is 3. The van der Waals surface area contributed by atoms with Crippen LogP contribution in [0, 0.1) is 0 Å². The molecule has 2 aromatic rings. The summed E-state index contributed by atoms with van der Waals surface area (Å²) < 4.78 is 6.70. The number of benzene rings is 2. The van der Waals surface area contributed by atoms with Crippen LogP contribution in [-0.2, 0) is 30.7 Å². The Hall–Kier alpha value is -1.58.